The number of nitrogens with two attached hydrogens (primary N) is 1. The highest BCUT2D eigenvalue weighted by Gasteiger charge is 2.38. The van der Waals surface area contributed by atoms with Crippen LogP contribution in [0.5, 0.6) is 0 Å². The van der Waals surface area contributed by atoms with E-state index in [0.717, 1.165) is 5.56 Å². The molecule has 160 valence electrons. The van der Waals surface area contributed by atoms with Gasteiger partial charge in [-0.1, -0.05) is 17.7 Å². The molecule has 2 aromatic carbocycles. The van der Waals surface area contributed by atoms with Crippen LogP contribution in [0.1, 0.15) is 17.5 Å². The third-order valence-electron chi connectivity index (χ3n) is 4.70. The van der Waals surface area contributed by atoms with Gasteiger partial charge in [0.05, 0.1) is 0 Å². The van der Waals surface area contributed by atoms with Gasteiger partial charge in [0.25, 0.3) is 11.8 Å². The molecule has 8 nitrogen and oxygen atoms in total. The van der Waals surface area contributed by atoms with Gasteiger partial charge in [-0.2, -0.15) is 0 Å². The average Bonchev–Trinajstić information content (AvgIpc) is 2.90. The van der Waals surface area contributed by atoms with E-state index in [1.807, 2.05) is 31.2 Å². The number of nitrogen functional groups attached to an aromatic ring is 1. The first kappa shape index (κ1) is 23.3. The SMILES string of the molecule is Cc1ccc(N2CCCO[C@H](C(O)C(=O)Nc3ccc(C(=N)N)cc3)C2=O)cc1.Cl. The Hall–Kier alpha value is -2.94. The van der Waals surface area contributed by atoms with E-state index in [4.69, 9.17) is 15.9 Å². The fraction of sp³-hybridized carbons (Fsp3) is 0.286. The molecule has 0 bridgehead atoms. The van der Waals surface area contributed by atoms with Crippen LogP contribution in [0.3, 0.4) is 0 Å². The van der Waals surface area contributed by atoms with Crippen LogP contribution in [-0.2, 0) is 14.3 Å². The zero-order valence-electron chi connectivity index (χ0n) is 16.5. The van der Waals surface area contributed by atoms with Crippen molar-refractivity contribution in [3.63, 3.8) is 0 Å². The maximum atomic E-state index is 13.0. The Morgan fingerprint density at radius 1 is 1.23 bits per heavy atom. The molecule has 1 aliphatic heterocycles. The summed E-state index contributed by atoms with van der Waals surface area (Å²) in [4.78, 5) is 27.0. The number of hydrogen-bond acceptors (Lipinski definition) is 5. The van der Waals surface area contributed by atoms with Crippen LogP contribution in [-0.4, -0.2) is 48.1 Å². The topological polar surface area (TPSA) is 129 Å². The van der Waals surface area contributed by atoms with Crippen LogP contribution in [0.25, 0.3) is 0 Å². The maximum Gasteiger partial charge on any atom is 0.259 e. The molecule has 0 aliphatic carbocycles. The number of aliphatic hydroxyl groups is 1. The molecule has 1 saturated heterocycles. The fourth-order valence-electron chi connectivity index (χ4n) is 3.06. The number of nitrogens with one attached hydrogen (secondary N) is 2. The van der Waals surface area contributed by atoms with Crippen LogP contribution >= 0.6 is 12.4 Å². The lowest BCUT2D eigenvalue weighted by Crippen LogP contribution is -2.49. The largest absolute Gasteiger partial charge is 0.384 e. The Balaban J connectivity index is 0.00000320. The van der Waals surface area contributed by atoms with E-state index in [0.29, 0.717) is 29.9 Å². The number of aliphatic hydroxyl groups excluding tert-OH is 1. The summed E-state index contributed by atoms with van der Waals surface area (Å²) in [5.41, 5.74) is 8.10. The van der Waals surface area contributed by atoms with Crippen LogP contribution in [0.4, 0.5) is 11.4 Å². The Bertz CT molecular complexity index is 902. The fourth-order valence-corrected chi connectivity index (χ4v) is 3.06. The quantitative estimate of drug-likeness (QED) is 0.423. The van der Waals surface area contributed by atoms with Gasteiger partial charge in [-0.15, -0.1) is 12.4 Å². The number of carbonyl (C=O) groups excluding carboxylic acids is 2. The normalized spacial score (nSPS) is 17.5. The predicted molar refractivity (Wildman–Crippen MR) is 117 cm³/mol. The van der Waals surface area contributed by atoms with Crippen LogP contribution in [0.15, 0.2) is 48.5 Å². The second-order valence-electron chi connectivity index (χ2n) is 6.90. The van der Waals surface area contributed by atoms with E-state index in [1.54, 1.807) is 24.3 Å². The number of carbonyl (C=O) groups is 2. The van der Waals surface area contributed by atoms with E-state index < -0.39 is 24.0 Å². The van der Waals surface area contributed by atoms with Crippen molar-refractivity contribution >= 4 is 41.4 Å². The van der Waals surface area contributed by atoms with E-state index >= 15 is 0 Å². The van der Waals surface area contributed by atoms with Crippen LogP contribution < -0.4 is 16.0 Å². The van der Waals surface area contributed by atoms with Gasteiger partial charge in [-0.05, 0) is 49.7 Å². The zero-order valence-corrected chi connectivity index (χ0v) is 17.3. The second kappa shape index (κ2) is 10.2. The summed E-state index contributed by atoms with van der Waals surface area (Å²) in [7, 11) is 0. The Morgan fingerprint density at radius 3 is 2.47 bits per heavy atom. The smallest absolute Gasteiger partial charge is 0.259 e. The molecule has 2 atom stereocenters. The molecule has 0 aromatic heterocycles. The lowest BCUT2D eigenvalue weighted by Gasteiger charge is -2.26. The van der Waals surface area contributed by atoms with E-state index in [9.17, 15) is 14.7 Å². The first-order valence-corrected chi connectivity index (χ1v) is 9.30. The highest BCUT2D eigenvalue weighted by molar-refractivity contribution is 6.03. The minimum atomic E-state index is -1.67. The van der Waals surface area contributed by atoms with Crippen molar-refractivity contribution in [3.05, 3.63) is 59.7 Å². The monoisotopic (exact) mass is 432 g/mol. The van der Waals surface area contributed by atoms with E-state index in [-0.39, 0.29) is 24.8 Å². The lowest BCUT2D eigenvalue weighted by atomic mass is 10.1. The lowest BCUT2D eigenvalue weighted by molar-refractivity contribution is -0.145. The number of hydrogen-bond donors (Lipinski definition) is 4. The zero-order chi connectivity index (χ0) is 21.0. The molecule has 0 saturated carbocycles. The summed E-state index contributed by atoms with van der Waals surface area (Å²) in [5.74, 6) is -1.29. The van der Waals surface area contributed by atoms with Crippen molar-refractivity contribution in [3.8, 4) is 0 Å². The number of amidine groups is 1. The number of benzene rings is 2. The second-order valence-corrected chi connectivity index (χ2v) is 6.90. The average molecular weight is 433 g/mol. The van der Waals surface area contributed by atoms with Crippen molar-refractivity contribution in [2.75, 3.05) is 23.4 Å². The number of aryl methyl sites for hydroxylation is 1. The summed E-state index contributed by atoms with van der Waals surface area (Å²) in [6.45, 7) is 2.66. The summed E-state index contributed by atoms with van der Waals surface area (Å²) in [5, 5.41) is 20.5. The number of amides is 2. The molecule has 30 heavy (non-hydrogen) atoms. The molecule has 1 aliphatic rings. The molecule has 0 spiro atoms. The van der Waals surface area contributed by atoms with Crippen molar-refractivity contribution in [2.45, 2.75) is 25.6 Å². The van der Waals surface area contributed by atoms with Crippen molar-refractivity contribution < 1.29 is 19.4 Å². The molecule has 2 amide bonds. The molecule has 1 unspecified atom stereocenters. The summed E-state index contributed by atoms with van der Waals surface area (Å²) >= 11 is 0. The molecule has 0 radical (unpaired) electrons. The number of halogens is 1. The molecule has 1 fully saturated rings. The third kappa shape index (κ3) is 5.35. The predicted octanol–water partition coefficient (Wildman–Crippen LogP) is 1.82. The summed E-state index contributed by atoms with van der Waals surface area (Å²) in [6, 6.07) is 13.8. The number of rotatable bonds is 5. The first-order valence-electron chi connectivity index (χ1n) is 9.30. The molecule has 1 heterocycles. The standard InChI is InChI=1S/C21H24N4O4.ClH/c1-13-3-9-16(10-4-13)25-11-2-12-29-18(21(25)28)17(26)20(27)24-15-7-5-14(6-8-15)19(22)23;/h3-10,17-18,26H,2,11-12H2,1H3,(H3,22,23)(H,24,27);1H/t17?,18-;/m1./s1. The van der Waals surface area contributed by atoms with Crippen molar-refractivity contribution in [2.24, 2.45) is 5.73 Å². The van der Waals surface area contributed by atoms with Gasteiger partial charge in [0.1, 0.15) is 5.84 Å². The van der Waals surface area contributed by atoms with Crippen molar-refractivity contribution in [1.82, 2.24) is 0 Å². The highest BCUT2D eigenvalue weighted by atomic mass is 35.5. The van der Waals surface area contributed by atoms with Gasteiger partial charge < -0.3 is 25.8 Å². The summed E-state index contributed by atoms with van der Waals surface area (Å²) < 4.78 is 5.52. The number of ether oxygens (including phenoxy) is 1. The van der Waals surface area contributed by atoms with Crippen molar-refractivity contribution in [1.29, 1.82) is 5.41 Å². The van der Waals surface area contributed by atoms with Gasteiger partial charge in [-0.25, -0.2) is 0 Å². The van der Waals surface area contributed by atoms with Gasteiger partial charge >= 0.3 is 0 Å². The molecule has 3 rings (SSSR count). The Morgan fingerprint density at radius 2 is 1.87 bits per heavy atom. The third-order valence-corrected chi connectivity index (χ3v) is 4.70. The molecular formula is C21H25ClN4O4. The first-order chi connectivity index (χ1) is 13.9. The van der Waals surface area contributed by atoms with Gasteiger partial charge in [0.15, 0.2) is 12.2 Å². The van der Waals surface area contributed by atoms with E-state index in [2.05, 4.69) is 5.32 Å². The highest BCUT2D eigenvalue weighted by Crippen LogP contribution is 2.21. The van der Waals surface area contributed by atoms with Gasteiger partial charge in [0, 0.05) is 30.1 Å². The summed E-state index contributed by atoms with van der Waals surface area (Å²) in [6.07, 6.45) is -2.37. The maximum absolute atomic E-state index is 13.0. The minimum absolute atomic E-state index is 0. The molecule has 9 heteroatoms. The van der Waals surface area contributed by atoms with Crippen LogP contribution in [0.2, 0.25) is 0 Å². The molecule has 5 N–H and O–H groups in total. The minimum Gasteiger partial charge on any atom is -0.384 e. The number of anilines is 2. The van der Waals surface area contributed by atoms with Crippen LogP contribution in [0, 0.1) is 12.3 Å². The Kier molecular flexibility index (Phi) is 7.93. The van der Waals surface area contributed by atoms with E-state index in [1.165, 1.54) is 4.90 Å². The van der Waals surface area contributed by atoms with Gasteiger partial charge in [0.2, 0.25) is 0 Å². The molecular weight excluding hydrogens is 408 g/mol. The number of nitrogens with zero attached hydrogens (tertiary/aromatic N) is 1. The van der Waals surface area contributed by atoms with Gasteiger partial charge in [-0.3, -0.25) is 15.0 Å². The Labute approximate surface area is 180 Å². The molecule has 2 aromatic rings.